The Bertz CT molecular complexity index is 230. The molecule has 0 bridgehead atoms. The average molecular weight is 200 g/mol. The first-order valence-corrected chi connectivity index (χ1v) is 5.01. The minimum absolute atomic E-state index is 0.0706. The third-order valence-electron chi connectivity index (χ3n) is 2.75. The van der Waals surface area contributed by atoms with Gasteiger partial charge in [0.2, 0.25) is 5.91 Å². The molecule has 0 spiro atoms. The maximum absolute atomic E-state index is 11.3. The Labute approximate surface area is 82.6 Å². The standard InChI is InChI=1S/C9H16N2O3/c10-6-4-14-7(8(6)12)3-11-9(13)5-1-2-5/h5-8,12H,1-4,10H2,(H,11,13). The van der Waals surface area contributed by atoms with Gasteiger partial charge < -0.3 is 20.9 Å². The van der Waals surface area contributed by atoms with Crippen molar-refractivity contribution in [2.45, 2.75) is 31.1 Å². The Morgan fingerprint density at radius 1 is 1.57 bits per heavy atom. The van der Waals surface area contributed by atoms with Crippen LogP contribution in [0.3, 0.4) is 0 Å². The first-order chi connectivity index (χ1) is 6.68. The quantitative estimate of drug-likeness (QED) is 0.523. The van der Waals surface area contributed by atoms with E-state index in [0.717, 1.165) is 12.8 Å². The molecular weight excluding hydrogens is 184 g/mol. The molecule has 3 unspecified atom stereocenters. The van der Waals surface area contributed by atoms with Gasteiger partial charge in [-0.3, -0.25) is 4.79 Å². The fourth-order valence-electron chi connectivity index (χ4n) is 1.58. The van der Waals surface area contributed by atoms with Gasteiger partial charge in [-0.05, 0) is 12.8 Å². The van der Waals surface area contributed by atoms with Crippen LogP contribution in [0.4, 0.5) is 0 Å². The Kier molecular flexibility index (Phi) is 2.71. The van der Waals surface area contributed by atoms with Gasteiger partial charge in [0.25, 0.3) is 0 Å². The number of carbonyl (C=O) groups excluding carboxylic acids is 1. The third kappa shape index (κ3) is 2.05. The van der Waals surface area contributed by atoms with Gasteiger partial charge in [-0.1, -0.05) is 0 Å². The Balaban J connectivity index is 1.72. The third-order valence-corrected chi connectivity index (χ3v) is 2.75. The second-order valence-electron chi connectivity index (χ2n) is 4.05. The van der Waals surface area contributed by atoms with E-state index in [9.17, 15) is 9.90 Å². The molecule has 80 valence electrons. The molecule has 4 N–H and O–H groups in total. The summed E-state index contributed by atoms with van der Waals surface area (Å²) >= 11 is 0. The molecular formula is C9H16N2O3. The summed E-state index contributed by atoms with van der Waals surface area (Å²) in [5.74, 6) is 0.267. The Hall–Kier alpha value is -0.650. The highest BCUT2D eigenvalue weighted by Gasteiger charge is 2.35. The van der Waals surface area contributed by atoms with Crippen LogP contribution in [-0.2, 0) is 9.53 Å². The first kappa shape index (κ1) is 9.89. The molecule has 0 aromatic carbocycles. The van der Waals surface area contributed by atoms with E-state index in [1.165, 1.54) is 0 Å². The van der Waals surface area contributed by atoms with Crippen molar-refractivity contribution in [1.29, 1.82) is 0 Å². The highest BCUT2D eigenvalue weighted by Crippen LogP contribution is 2.28. The van der Waals surface area contributed by atoms with Gasteiger partial charge in [0.15, 0.2) is 0 Å². The molecule has 5 nitrogen and oxygen atoms in total. The van der Waals surface area contributed by atoms with Crippen LogP contribution in [0.15, 0.2) is 0 Å². The van der Waals surface area contributed by atoms with Crippen molar-refractivity contribution < 1.29 is 14.6 Å². The number of aliphatic hydroxyl groups excluding tert-OH is 1. The molecule has 5 heteroatoms. The van der Waals surface area contributed by atoms with Crippen LogP contribution < -0.4 is 11.1 Å². The number of hydrogen-bond acceptors (Lipinski definition) is 4. The highest BCUT2D eigenvalue weighted by molar-refractivity contribution is 5.80. The second kappa shape index (κ2) is 3.84. The van der Waals surface area contributed by atoms with E-state index >= 15 is 0 Å². The van der Waals surface area contributed by atoms with Gasteiger partial charge in [-0.15, -0.1) is 0 Å². The first-order valence-electron chi connectivity index (χ1n) is 5.01. The van der Waals surface area contributed by atoms with Crippen LogP contribution in [0, 0.1) is 5.92 Å². The number of nitrogens with one attached hydrogen (secondary N) is 1. The summed E-state index contributed by atoms with van der Waals surface area (Å²) in [6, 6.07) is -0.321. The summed E-state index contributed by atoms with van der Waals surface area (Å²) in [4.78, 5) is 11.3. The Morgan fingerprint density at radius 2 is 2.29 bits per heavy atom. The lowest BCUT2D eigenvalue weighted by atomic mass is 10.1. The van der Waals surface area contributed by atoms with E-state index in [2.05, 4.69) is 5.32 Å². The minimum atomic E-state index is -0.658. The van der Waals surface area contributed by atoms with Crippen LogP contribution in [0.5, 0.6) is 0 Å². The highest BCUT2D eigenvalue weighted by atomic mass is 16.5. The van der Waals surface area contributed by atoms with Gasteiger partial charge in [0.1, 0.15) is 6.10 Å². The average Bonchev–Trinajstić information content (AvgIpc) is 2.95. The van der Waals surface area contributed by atoms with Crippen LogP contribution >= 0.6 is 0 Å². The maximum Gasteiger partial charge on any atom is 0.223 e. The second-order valence-corrected chi connectivity index (χ2v) is 4.05. The van der Waals surface area contributed by atoms with E-state index in [-0.39, 0.29) is 24.0 Å². The number of aliphatic hydroxyl groups is 1. The predicted octanol–water partition coefficient (Wildman–Crippen LogP) is -1.40. The molecule has 1 saturated heterocycles. The summed E-state index contributed by atoms with van der Waals surface area (Å²) in [7, 11) is 0. The van der Waals surface area contributed by atoms with Crippen molar-refractivity contribution in [3.63, 3.8) is 0 Å². The summed E-state index contributed by atoms with van der Waals surface area (Å²) in [6.45, 7) is 0.731. The van der Waals surface area contributed by atoms with Crippen molar-refractivity contribution in [2.75, 3.05) is 13.2 Å². The lowest BCUT2D eigenvalue weighted by Gasteiger charge is -2.15. The number of carbonyl (C=O) groups is 1. The molecule has 1 amide bonds. The molecule has 1 aliphatic heterocycles. The van der Waals surface area contributed by atoms with Crippen molar-refractivity contribution in [3.8, 4) is 0 Å². The zero-order valence-electron chi connectivity index (χ0n) is 7.98. The van der Waals surface area contributed by atoms with Crippen LogP contribution in [0.25, 0.3) is 0 Å². The van der Waals surface area contributed by atoms with Gasteiger partial charge >= 0.3 is 0 Å². The van der Waals surface area contributed by atoms with Crippen molar-refractivity contribution in [2.24, 2.45) is 11.7 Å². The summed E-state index contributed by atoms with van der Waals surface area (Å²) in [6.07, 6.45) is 0.973. The Morgan fingerprint density at radius 3 is 2.79 bits per heavy atom. The topological polar surface area (TPSA) is 84.6 Å². The van der Waals surface area contributed by atoms with Gasteiger partial charge in [0.05, 0.1) is 18.8 Å². The number of amides is 1. The molecule has 0 aromatic rings. The monoisotopic (exact) mass is 200 g/mol. The smallest absolute Gasteiger partial charge is 0.223 e. The van der Waals surface area contributed by atoms with Crippen molar-refractivity contribution in [3.05, 3.63) is 0 Å². The van der Waals surface area contributed by atoms with E-state index in [1.54, 1.807) is 0 Å². The number of rotatable bonds is 3. The normalized spacial score (nSPS) is 37.1. The molecule has 1 heterocycles. The van der Waals surface area contributed by atoms with Crippen molar-refractivity contribution in [1.82, 2.24) is 5.32 Å². The van der Waals surface area contributed by atoms with E-state index in [4.69, 9.17) is 10.5 Å². The fourth-order valence-corrected chi connectivity index (χ4v) is 1.58. The number of ether oxygens (including phenoxy) is 1. The summed E-state index contributed by atoms with van der Waals surface area (Å²) in [5, 5.41) is 12.3. The van der Waals surface area contributed by atoms with Gasteiger partial charge in [0, 0.05) is 12.5 Å². The molecule has 2 aliphatic rings. The number of nitrogens with two attached hydrogens (primary N) is 1. The number of hydrogen-bond donors (Lipinski definition) is 3. The van der Waals surface area contributed by atoms with Crippen molar-refractivity contribution >= 4 is 5.91 Å². The van der Waals surface area contributed by atoms with Gasteiger partial charge in [-0.2, -0.15) is 0 Å². The van der Waals surface area contributed by atoms with E-state index in [0.29, 0.717) is 13.2 Å². The largest absolute Gasteiger partial charge is 0.389 e. The minimum Gasteiger partial charge on any atom is -0.389 e. The lowest BCUT2D eigenvalue weighted by molar-refractivity contribution is -0.123. The molecule has 14 heavy (non-hydrogen) atoms. The lowest BCUT2D eigenvalue weighted by Crippen LogP contribution is -2.42. The summed E-state index contributed by atoms with van der Waals surface area (Å²) < 4.78 is 5.24. The molecule has 2 fully saturated rings. The molecule has 0 aromatic heterocycles. The zero-order valence-corrected chi connectivity index (χ0v) is 7.98. The molecule has 0 radical (unpaired) electrons. The SMILES string of the molecule is NC1COC(CNC(=O)C2CC2)C1O. The summed E-state index contributed by atoms with van der Waals surface area (Å²) in [5.41, 5.74) is 5.56. The molecule has 1 aliphatic carbocycles. The van der Waals surface area contributed by atoms with E-state index in [1.807, 2.05) is 0 Å². The van der Waals surface area contributed by atoms with Crippen LogP contribution in [0.2, 0.25) is 0 Å². The van der Waals surface area contributed by atoms with Gasteiger partial charge in [-0.25, -0.2) is 0 Å². The molecule has 3 atom stereocenters. The predicted molar refractivity (Wildman–Crippen MR) is 49.5 cm³/mol. The zero-order chi connectivity index (χ0) is 10.1. The fraction of sp³-hybridized carbons (Fsp3) is 0.889. The van der Waals surface area contributed by atoms with Crippen LogP contribution in [-0.4, -0.2) is 42.4 Å². The molecule has 2 rings (SSSR count). The maximum atomic E-state index is 11.3. The molecule has 1 saturated carbocycles. The van der Waals surface area contributed by atoms with Crippen LogP contribution in [0.1, 0.15) is 12.8 Å². The van der Waals surface area contributed by atoms with E-state index < -0.39 is 6.10 Å².